The van der Waals surface area contributed by atoms with Crippen LogP contribution in [-0.2, 0) is 28.1 Å². The van der Waals surface area contributed by atoms with E-state index in [1.54, 1.807) is 7.05 Å². The Balaban J connectivity index is 1.15. The van der Waals surface area contributed by atoms with Crippen LogP contribution in [0.25, 0.3) is 291 Å². The lowest BCUT2D eigenvalue weighted by Gasteiger charge is -2.59. The fourth-order valence-electron chi connectivity index (χ4n) is 26.0. The Bertz CT molecular complexity index is 8230. The van der Waals surface area contributed by atoms with Gasteiger partial charge in [0.05, 0.1) is 15.9 Å². The number of hydrogen-bond acceptors (Lipinski definition) is 4. The van der Waals surface area contributed by atoms with E-state index in [2.05, 4.69) is 0 Å². The second-order valence-corrected chi connectivity index (χ2v) is 29.2. The molecular weight excluding hydrogens is 993 g/mol. The van der Waals surface area contributed by atoms with Crippen molar-refractivity contribution in [3.8, 4) is 0 Å². The van der Waals surface area contributed by atoms with Gasteiger partial charge in [-0.15, -0.1) is 0 Å². The summed E-state index contributed by atoms with van der Waals surface area (Å²) in [5.41, 5.74) is 3.21. The first-order valence-corrected chi connectivity index (χ1v) is 29.6. The summed E-state index contributed by atoms with van der Waals surface area (Å²) in [4.78, 5) is 32.7. The molecule has 34 rings (SSSR count). The van der Waals surface area contributed by atoms with Gasteiger partial charge in [-0.05, 0) is 191 Å². The van der Waals surface area contributed by atoms with Gasteiger partial charge in [-0.2, -0.15) is 0 Å². The quantitative estimate of drug-likeness (QED) is 0.127. The normalized spacial score (nSPS) is 21.1. The van der Waals surface area contributed by atoms with Crippen LogP contribution in [0.3, 0.4) is 0 Å². The average molecular weight is 1000 g/mol. The van der Waals surface area contributed by atoms with E-state index in [1.807, 2.05) is 44.5 Å². The topological polar surface area (TPSA) is 88.0 Å². The van der Waals surface area contributed by atoms with Gasteiger partial charge in [0.25, 0.3) is 10.0 Å². The van der Waals surface area contributed by atoms with Crippen molar-refractivity contribution >= 4 is 301 Å². The number of aryl methyl sites for hydroxylation is 1. The van der Waals surface area contributed by atoms with Gasteiger partial charge in [-0.1, -0.05) is 17.7 Å². The number of pyridine rings is 1. The van der Waals surface area contributed by atoms with Crippen LogP contribution >= 0.6 is 0 Å². The molecule has 2 spiro atoms. The van der Waals surface area contributed by atoms with E-state index in [0.29, 0.717) is 11.0 Å². The Morgan fingerprint density at radius 2 is 0.494 bits per heavy atom. The lowest BCUT2D eigenvalue weighted by atomic mass is 9.58. The number of rotatable bonds is 2. The maximum absolute atomic E-state index is 17.3. The summed E-state index contributed by atoms with van der Waals surface area (Å²) in [7, 11) is -2.79. The van der Waals surface area contributed by atoms with Crippen LogP contribution in [0, 0.1) is 6.92 Å². The second-order valence-electron chi connectivity index (χ2n) is 27.4. The van der Waals surface area contributed by atoms with E-state index in [0.717, 1.165) is 49.4 Å². The Kier molecular flexibility index (Phi) is 2.71. The molecule has 30 aromatic rings. The van der Waals surface area contributed by atoms with Gasteiger partial charge < -0.3 is 0 Å². The van der Waals surface area contributed by atoms with Crippen molar-refractivity contribution in [2.24, 2.45) is 7.05 Å². The van der Waals surface area contributed by atoms with E-state index in [4.69, 9.17) is 0 Å². The number of aromatic nitrogens is 4. The molecule has 8 nitrogen and oxygen atoms in total. The molecule has 28 aromatic carbocycles. The molecule has 0 amide bonds. The van der Waals surface area contributed by atoms with Crippen LogP contribution in [0.15, 0.2) is 38.8 Å². The predicted molar refractivity (Wildman–Crippen MR) is 319 cm³/mol. The number of nitrogens with zero attached hydrogens (tertiary/aromatic N) is 4. The van der Waals surface area contributed by atoms with Crippen molar-refractivity contribution in [2.75, 3.05) is 0 Å². The van der Waals surface area contributed by atoms with Gasteiger partial charge in [0.15, 0.2) is 11.1 Å². The largest absolute Gasteiger partial charge is 0.348 e. The molecule has 0 radical (unpaired) electrons. The van der Waals surface area contributed by atoms with Crippen molar-refractivity contribution in [1.82, 2.24) is 17.9 Å². The molecule has 2 unspecified atom stereocenters. The van der Waals surface area contributed by atoms with Crippen molar-refractivity contribution in [3.63, 3.8) is 0 Å². The molecule has 0 N–H and O–H groups in total. The monoisotopic (exact) mass is 1000 g/mol. The molecule has 3 heterocycles. The number of fused-ring (bicyclic) bond motifs is 3. The molecule has 2 aromatic heterocycles. The highest BCUT2D eigenvalue weighted by Gasteiger charge is 2.79. The smallest absolute Gasteiger partial charge is 0.246 e. The maximum Gasteiger partial charge on any atom is 0.348 e. The summed E-state index contributed by atoms with van der Waals surface area (Å²) in [6, 6.07) is 7.52. The van der Waals surface area contributed by atoms with E-state index < -0.39 is 21.1 Å². The summed E-state index contributed by atoms with van der Waals surface area (Å²) in [5.74, 6) is 0. The van der Waals surface area contributed by atoms with Crippen LogP contribution in [0.5, 0.6) is 0 Å². The van der Waals surface area contributed by atoms with Crippen LogP contribution in [-0.4, -0.2) is 26.3 Å². The molecule has 1 aliphatic heterocycles. The third kappa shape index (κ3) is 1.68. The van der Waals surface area contributed by atoms with E-state index in [9.17, 15) is 0 Å². The zero-order valence-corrected chi connectivity index (χ0v) is 41.0. The molecule has 0 saturated carbocycles. The van der Waals surface area contributed by atoms with E-state index >= 15 is 18.0 Å². The summed E-state index contributed by atoms with van der Waals surface area (Å²) in [6.45, 7) is 2.02. The molecule has 0 bridgehead atoms. The van der Waals surface area contributed by atoms with Crippen LogP contribution in [0.4, 0.5) is 0 Å². The highest BCUT2D eigenvalue weighted by atomic mass is 32.2. The molecule has 3 aliphatic carbocycles. The van der Waals surface area contributed by atoms with Gasteiger partial charge >= 0.3 is 11.4 Å². The first kappa shape index (κ1) is 30.8. The van der Waals surface area contributed by atoms with Gasteiger partial charge in [0.1, 0.15) is 0 Å². The van der Waals surface area contributed by atoms with Gasteiger partial charge in [0, 0.05) is 137 Å². The Labute approximate surface area is 428 Å². The minimum Gasteiger partial charge on any atom is -0.246 e. The third-order valence-electron chi connectivity index (χ3n) is 26.7. The van der Waals surface area contributed by atoms with E-state index in [-0.39, 0.29) is 16.3 Å². The molecule has 340 valence electrons. The van der Waals surface area contributed by atoms with Crippen LogP contribution in [0.2, 0.25) is 0 Å². The molecular formula is C70H10N4O4S. The predicted octanol–water partition coefficient (Wildman–Crippen LogP) is 15.2. The summed E-state index contributed by atoms with van der Waals surface area (Å²) in [6.07, 6.45) is 0. The fraction of sp³-hybridized carbons (Fsp3) is 0.0571. The van der Waals surface area contributed by atoms with Crippen molar-refractivity contribution in [3.05, 3.63) is 73.1 Å². The minimum absolute atomic E-state index is 0.248. The summed E-state index contributed by atoms with van der Waals surface area (Å²) >= 11 is 0. The SMILES string of the molecule is Cc1ccc(S(=O)(=O)n2c3c4c5c6c7c8c9c%10c%11c%12c(c2c2c%13c%12c%12c%14c%11c%11c9c9c8c8c6c6c%15c5c5c%16c%15c%15c%17c6c8c6c9c8c%11c%14c9c%11c%12c%13c%12c%13c%11c%11c9c8c6c%17c%11c%15c%13c%16c%12c2c53)C%102n3c(=O)n(C)c(=O)n3C742)cc1. The van der Waals surface area contributed by atoms with Gasteiger partial charge in [-0.25, -0.2) is 35.9 Å². The Hall–Kier alpha value is -9.83. The standard InChI is InChI=1S/C70H10N4O4S/c1-7-3-5-8(6-4-7)79(77,78)72-65-59-50-38-30-19-15-9-10-12-14-13-11(9)17(19)25-28-23(13)27-24(14)29-26-18(12)20-16(10)22-21(15)32(38)40-33(22)39-31(20)37-35(26)45-42(29)47-43(27)46-41(28)44-34(25)36(30)48(50)57-55(44)61-53(46)54(47)62-56(45)58-49(37)51(39)60(52(40)59)66(72)64(58)70(62)69(61,63(57)65)73-67(75)71(2)68(76)74(70)73/h3-6H,1-2H3. The zero-order valence-electron chi connectivity index (χ0n) is 40.1. The molecule has 2 atom stereocenters. The molecule has 0 saturated heterocycles. The summed E-state index contributed by atoms with van der Waals surface area (Å²) < 4.78 is 41.8. The first-order valence-electron chi connectivity index (χ1n) is 28.1. The zero-order chi connectivity index (χ0) is 48.4. The van der Waals surface area contributed by atoms with Crippen molar-refractivity contribution in [2.45, 2.75) is 22.9 Å². The molecule has 4 aliphatic rings. The highest BCUT2D eigenvalue weighted by molar-refractivity contribution is 7.90. The summed E-state index contributed by atoms with van der Waals surface area (Å²) in [5, 5.41) is 70.3. The maximum atomic E-state index is 17.3. The fourth-order valence-corrected chi connectivity index (χ4v) is 27.5. The Morgan fingerprint density at radius 1 is 0.291 bits per heavy atom. The lowest BCUT2D eigenvalue weighted by molar-refractivity contribution is 0.0452. The number of benzene rings is 19. The van der Waals surface area contributed by atoms with E-state index in [1.165, 1.54) is 263 Å². The lowest BCUT2D eigenvalue weighted by Crippen LogP contribution is -2.74. The highest BCUT2D eigenvalue weighted by Crippen LogP contribution is 2.85. The van der Waals surface area contributed by atoms with Crippen molar-refractivity contribution in [1.29, 1.82) is 0 Å². The molecule has 79 heavy (non-hydrogen) atoms. The van der Waals surface area contributed by atoms with Gasteiger partial charge in [0.2, 0.25) is 0 Å². The minimum atomic E-state index is -4.47. The van der Waals surface area contributed by atoms with Gasteiger partial charge in [-0.3, -0.25) is 0 Å². The molecule has 0 fully saturated rings. The first-order chi connectivity index (χ1) is 38.8. The van der Waals surface area contributed by atoms with Crippen LogP contribution in [0.1, 0.15) is 27.8 Å². The second kappa shape index (κ2) is 6.96. The number of hydrogen-bond donors (Lipinski definition) is 0. The average Bonchev–Trinajstić information content (AvgIpc) is 1.43. The Morgan fingerprint density at radius 3 is 0.747 bits per heavy atom. The van der Waals surface area contributed by atoms with Crippen LogP contribution < -0.4 is 11.4 Å². The third-order valence-corrected chi connectivity index (χ3v) is 28.4. The molecule has 9 heteroatoms. The van der Waals surface area contributed by atoms with Crippen molar-refractivity contribution < 1.29 is 8.42 Å².